The van der Waals surface area contributed by atoms with E-state index in [0.717, 1.165) is 47.7 Å². The van der Waals surface area contributed by atoms with E-state index in [9.17, 15) is 0 Å². The Hall–Kier alpha value is -3.32. The highest BCUT2D eigenvalue weighted by Gasteiger charge is 2.14. The normalized spacial score (nSPS) is 11.3. The van der Waals surface area contributed by atoms with Crippen molar-refractivity contribution < 1.29 is 0 Å². The van der Waals surface area contributed by atoms with Crippen molar-refractivity contribution in [2.75, 3.05) is 26.0 Å². The Labute approximate surface area is 170 Å². The van der Waals surface area contributed by atoms with Crippen LogP contribution in [0.2, 0.25) is 0 Å². The van der Waals surface area contributed by atoms with Gasteiger partial charge in [0, 0.05) is 36.7 Å². The number of anilines is 2. The number of nitrogens with one attached hydrogen (secondary N) is 1. The fourth-order valence-corrected chi connectivity index (χ4v) is 3.29. The minimum Gasteiger partial charge on any atom is -0.324 e. The molecule has 1 aromatic carbocycles. The summed E-state index contributed by atoms with van der Waals surface area (Å²) in [7, 11) is 4.17. The van der Waals surface area contributed by atoms with E-state index in [0.29, 0.717) is 5.95 Å². The van der Waals surface area contributed by atoms with Crippen molar-refractivity contribution in [3.8, 4) is 11.4 Å². The molecule has 3 heterocycles. The van der Waals surface area contributed by atoms with Crippen LogP contribution in [0, 0.1) is 0 Å². The number of nitrogens with zero attached hydrogens (tertiary/aromatic N) is 6. The van der Waals surface area contributed by atoms with Gasteiger partial charge in [-0.25, -0.2) is 9.97 Å². The third kappa shape index (κ3) is 4.25. The summed E-state index contributed by atoms with van der Waals surface area (Å²) in [5.41, 5.74) is 4.88. The average Bonchev–Trinajstić information content (AvgIpc) is 3.11. The molecule has 0 aliphatic rings. The van der Waals surface area contributed by atoms with Gasteiger partial charge in [-0.05, 0) is 57.3 Å². The third-order valence-corrected chi connectivity index (χ3v) is 4.77. The largest absolute Gasteiger partial charge is 0.324 e. The fraction of sp³-hybridized carbons (Fsp3) is 0.273. The Morgan fingerprint density at radius 3 is 2.66 bits per heavy atom. The zero-order valence-electron chi connectivity index (χ0n) is 17.0. The molecule has 4 aromatic rings. The molecule has 0 fully saturated rings. The summed E-state index contributed by atoms with van der Waals surface area (Å²) in [5.74, 6) is 1.44. The number of imidazole rings is 1. The number of likely N-dealkylation sites (N-methyl/N-ethyl adjacent to an activating group) is 1. The van der Waals surface area contributed by atoms with Gasteiger partial charge >= 0.3 is 0 Å². The number of hydrogen-bond acceptors (Lipinski definition) is 6. The van der Waals surface area contributed by atoms with Gasteiger partial charge in [0.1, 0.15) is 11.3 Å². The highest BCUT2D eigenvalue weighted by molar-refractivity contribution is 5.77. The number of rotatable bonds is 7. The second-order valence-electron chi connectivity index (χ2n) is 7.20. The number of hydrogen-bond donors (Lipinski definition) is 1. The molecule has 0 aliphatic heterocycles. The summed E-state index contributed by atoms with van der Waals surface area (Å²) in [6.45, 7) is 3.87. The van der Waals surface area contributed by atoms with Crippen molar-refractivity contribution in [1.29, 1.82) is 0 Å². The SMILES string of the molecule is CCn1c(-c2ccncc2)nc2cnc(Nc3cccc(CCN(C)C)c3)nc21. The molecule has 3 aromatic heterocycles. The molecule has 0 amide bonds. The van der Waals surface area contributed by atoms with Crippen LogP contribution in [0.1, 0.15) is 12.5 Å². The molecule has 0 aliphatic carbocycles. The summed E-state index contributed by atoms with van der Waals surface area (Å²) in [5, 5.41) is 3.34. The zero-order valence-corrected chi connectivity index (χ0v) is 17.0. The maximum absolute atomic E-state index is 4.75. The summed E-state index contributed by atoms with van der Waals surface area (Å²) < 4.78 is 2.10. The van der Waals surface area contributed by atoms with E-state index < -0.39 is 0 Å². The van der Waals surface area contributed by atoms with E-state index in [1.807, 2.05) is 18.2 Å². The predicted molar refractivity (Wildman–Crippen MR) is 116 cm³/mol. The lowest BCUT2D eigenvalue weighted by molar-refractivity contribution is 0.413. The van der Waals surface area contributed by atoms with Gasteiger partial charge in [-0.2, -0.15) is 4.98 Å². The van der Waals surface area contributed by atoms with Crippen molar-refractivity contribution in [3.05, 3.63) is 60.6 Å². The van der Waals surface area contributed by atoms with Gasteiger partial charge in [0.25, 0.3) is 0 Å². The van der Waals surface area contributed by atoms with Crippen molar-refractivity contribution in [2.24, 2.45) is 0 Å². The van der Waals surface area contributed by atoms with Crippen molar-refractivity contribution in [2.45, 2.75) is 19.9 Å². The van der Waals surface area contributed by atoms with Gasteiger partial charge in [-0.3, -0.25) is 4.98 Å². The summed E-state index contributed by atoms with van der Waals surface area (Å²) in [6.07, 6.45) is 6.32. The van der Waals surface area contributed by atoms with Gasteiger partial charge < -0.3 is 14.8 Å². The van der Waals surface area contributed by atoms with Gasteiger partial charge in [0.05, 0.1) is 6.20 Å². The number of pyridine rings is 1. The van der Waals surface area contributed by atoms with E-state index in [2.05, 4.69) is 64.0 Å². The van der Waals surface area contributed by atoms with Crippen LogP contribution in [0.3, 0.4) is 0 Å². The van der Waals surface area contributed by atoms with Crippen LogP contribution in [0.4, 0.5) is 11.6 Å². The molecule has 0 unspecified atom stereocenters. The molecule has 4 rings (SSSR count). The fourth-order valence-electron chi connectivity index (χ4n) is 3.29. The number of aryl methyl sites for hydroxylation is 1. The molecule has 0 spiro atoms. The van der Waals surface area contributed by atoms with E-state index in [1.54, 1.807) is 18.6 Å². The Morgan fingerprint density at radius 2 is 1.90 bits per heavy atom. The Kier molecular flexibility index (Phi) is 5.48. The highest BCUT2D eigenvalue weighted by Crippen LogP contribution is 2.24. The average molecular weight is 387 g/mol. The molecule has 7 heteroatoms. The van der Waals surface area contributed by atoms with Gasteiger partial charge in [0.15, 0.2) is 5.65 Å². The minimum atomic E-state index is 0.568. The molecular formula is C22H25N7. The molecular weight excluding hydrogens is 362 g/mol. The van der Waals surface area contributed by atoms with Gasteiger partial charge in [-0.15, -0.1) is 0 Å². The van der Waals surface area contributed by atoms with Crippen LogP contribution >= 0.6 is 0 Å². The standard InChI is InChI=1S/C22H25N7/c1-4-29-20(17-8-11-23-12-9-17)26-19-15-24-22(27-21(19)29)25-18-7-5-6-16(14-18)10-13-28(2)3/h5-9,11-12,14-15H,4,10,13H2,1-3H3,(H,24,25,27). The minimum absolute atomic E-state index is 0.568. The molecule has 7 nitrogen and oxygen atoms in total. The molecule has 29 heavy (non-hydrogen) atoms. The highest BCUT2D eigenvalue weighted by atomic mass is 15.2. The quantitative estimate of drug-likeness (QED) is 0.521. The van der Waals surface area contributed by atoms with Gasteiger partial charge in [0.2, 0.25) is 5.95 Å². The first-order chi connectivity index (χ1) is 14.1. The second kappa shape index (κ2) is 8.36. The lowest BCUT2D eigenvalue weighted by Gasteiger charge is -2.11. The smallest absolute Gasteiger partial charge is 0.229 e. The Morgan fingerprint density at radius 1 is 1.07 bits per heavy atom. The van der Waals surface area contributed by atoms with Crippen LogP contribution in [0.5, 0.6) is 0 Å². The first-order valence-corrected chi connectivity index (χ1v) is 9.78. The molecule has 0 bridgehead atoms. The lowest BCUT2D eigenvalue weighted by Crippen LogP contribution is -2.15. The maximum Gasteiger partial charge on any atom is 0.229 e. The molecule has 1 N–H and O–H groups in total. The third-order valence-electron chi connectivity index (χ3n) is 4.77. The van der Waals surface area contributed by atoms with Crippen LogP contribution < -0.4 is 5.32 Å². The number of benzene rings is 1. The lowest BCUT2D eigenvalue weighted by atomic mass is 10.1. The topological polar surface area (TPSA) is 71.8 Å². The van der Waals surface area contributed by atoms with Crippen LogP contribution in [0.15, 0.2) is 55.0 Å². The summed E-state index contributed by atoms with van der Waals surface area (Å²) in [6, 6.07) is 12.3. The summed E-state index contributed by atoms with van der Waals surface area (Å²) >= 11 is 0. The van der Waals surface area contributed by atoms with Crippen LogP contribution in [-0.4, -0.2) is 50.0 Å². The van der Waals surface area contributed by atoms with Crippen molar-refractivity contribution in [3.63, 3.8) is 0 Å². The Balaban J connectivity index is 1.63. The molecule has 0 radical (unpaired) electrons. The summed E-state index contributed by atoms with van der Waals surface area (Å²) in [4.78, 5) is 20.2. The van der Waals surface area contributed by atoms with E-state index >= 15 is 0 Å². The molecule has 0 saturated heterocycles. The zero-order chi connectivity index (χ0) is 20.2. The molecule has 0 atom stereocenters. The van der Waals surface area contributed by atoms with E-state index in [4.69, 9.17) is 9.97 Å². The monoisotopic (exact) mass is 387 g/mol. The van der Waals surface area contributed by atoms with E-state index in [1.165, 1.54) is 5.56 Å². The molecule has 0 saturated carbocycles. The van der Waals surface area contributed by atoms with Gasteiger partial charge in [-0.1, -0.05) is 12.1 Å². The number of aromatic nitrogens is 5. The maximum atomic E-state index is 4.75. The van der Waals surface area contributed by atoms with Crippen LogP contribution in [-0.2, 0) is 13.0 Å². The first-order valence-electron chi connectivity index (χ1n) is 9.78. The molecule has 148 valence electrons. The van der Waals surface area contributed by atoms with E-state index in [-0.39, 0.29) is 0 Å². The Bertz CT molecular complexity index is 1100. The second-order valence-corrected chi connectivity index (χ2v) is 7.20. The first kappa shape index (κ1) is 19.0. The van der Waals surface area contributed by atoms with Crippen molar-refractivity contribution >= 4 is 22.8 Å². The number of fused-ring (bicyclic) bond motifs is 1. The predicted octanol–water partition coefficient (Wildman–Crippen LogP) is 3.76. The van der Waals surface area contributed by atoms with Crippen LogP contribution in [0.25, 0.3) is 22.6 Å². The van der Waals surface area contributed by atoms with Crippen molar-refractivity contribution in [1.82, 2.24) is 29.4 Å².